The number of carbonyl (C=O) groups excluding carboxylic acids is 2. The number of alkyl halides is 1. The number of hydrogen-bond donors (Lipinski definition) is 1. The van der Waals surface area contributed by atoms with E-state index in [0.29, 0.717) is 30.9 Å². The molecule has 2 atom stereocenters. The van der Waals surface area contributed by atoms with Gasteiger partial charge in [0.2, 0.25) is 0 Å². The number of halogens is 2. The zero-order valence-electron chi connectivity index (χ0n) is 25.6. The predicted molar refractivity (Wildman–Crippen MR) is 166 cm³/mol. The summed E-state index contributed by atoms with van der Waals surface area (Å²) in [4.78, 5) is 30.5. The van der Waals surface area contributed by atoms with Crippen LogP contribution < -0.4 is 5.32 Å². The molecule has 0 unspecified atom stereocenters. The summed E-state index contributed by atoms with van der Waals surface area (Å²) in [6.45, 7) is 13.4. The van der Waals surface area contributed by atoms with E-state index in [-0.39, 0.29) is 36.9 Å². The van der Waals surface area contributed by atoms with Crippen LogP contribution in [0.4, 0.5) is 9.18 Å². The predicted octanol–water partition coefficient (Wildman–Crippen LogP) is 5.93. The van der Waals surface area contributed by atoms with Crippen molar-refractivity contribution in [3.8, 4) is 5.69 Å². The largest absolute Gasteiger partial charge is 0.444 e. The molecule has 9 nitrogen and oxygen atoms in total. The molecule has 2 aromatic carbocycles. The van der Waals surface area contributed by atoms with Crippen molar-refractivity contribution in [2.24, 2.45) is 0 Å². The van der Waals surface area contributed by atoms with Crippen LogP contribution in [-0.2, 0) is 16.8 Å². The van der Waals surface area contributed by atoms with Gasteiger partial charge in [-0.1, -0.05) is 39.3 Å². The number of benzene rings is 2. The Morgan fingerprint density at radius 1 is 1.09 bits per heavy atom. The number of carbonyl (C=O) groups is 2. The van der Waals surface area contributed by atoms with Gasteiger partial charge in [-0.25, -0.2) is 13.9 Å². The normalized spacial score (nSPS) is 24.4. The minimum Gasteiger partial charge on any atom is -0.444 e. The number of ether oxygens (including phenoxy) is 1. The third-order valence-electron chi connectivity index (χ3n) is 8.17. The molecule has 2 fully saturated rings. The van der Waals surface area contributed by atoms with E-state index in [1.54, 1.807) is 15.6 Å². The van der Waals surface area contributed by atoms with E-state index in [2.05, 4.69) is 50.3 Å². The Kier molecular flexibility index (Phi) is 8.68. The fraction of sp³-hybridized carbons (Fsp3) is 0.500. The zero-order chi connectivity index (χ0) is 31.1. The molecule has 230 valence electrons. The van der Waals surface area contributed by atoms with Crippen LogP contribution in [0.2, 0.25) is 0 Å². The van der Waals surface area contributed by atoms with Crippen molar-refractivity contribution in [2.45, 2.75) is 90.3 Å². The number of aryl methyl sites for hydroxylation is 1. The molecule has 1 aliphatic carbocycles. The van der Waals surface area contributed by atoms with E-state index < -0.39 is 17.3 Å². The highest BCUT2D eigenvalue weighted by Gasteiger charge is 2.47. The summed E-state index contributed by atoms with van der Waals surface area (Å²) in [6.07, 6.45) is 1.04. The Hall–Kier alpha value is -3.31. The van der Waals surface area contributed by atoms with E-state index in [1.807, 2.05) is 70.3 Å². The summed E-state index contributed by atoms with van der Waals surface area (Å²) in [6, 6.07) is 13.4. The molecule has 43 heavy (non-hydrogen) atoms. The summed E-state index contributed by atoms with van der Waals surface area (Å²) in [5, 5.41) is 12.0. The summed E-state index contributed by atoms with van der Waals surface area (Å²) in [5.74, 6) is -0.289. The van der Waals surface area contributed by atoms with E-state index >= 15 is 0 Å². The van der Waals surface area contributed by atoms with Gasteiger partial charge < -0.3 is 15.0 Å². The number of amides is 2. The molecule has 2 heterocycles. The van der Waals surface area contributed by atoms with Gasteiger partial charge in [0.15, 0.2) is 0 Å². The molecule has 0 spiro atoms. The van der Waals surface area contributed by atoms with Crippen molar-refractivity contribution < 1.29 is 18.7 Å². The van der Waals surface area contributed by atoms with Crippen molar-refractivity contribution in [2.75, 3.05) is 13.1 Å². The Labute approximate surface area is 260 Å². The highest BCUT2D eigenvalue weighted by molar-refractivity contribution is 9.10. The smallest absolute Gasteiger partial charge is 0.410 e. The van der Waals surface area contributed by atoms with Gasteiger partial charge >= 0.3 is 6.09 Å². The molecule has 5 rings (SSSR count). The van der Waals surface area contributed by atoms with Crippen LogP contribution in [0.25, 0.3) is 5.69 Å². The van der Waals surface area contributed by atoms with Gasteiger partial charge in [0.25, 0.3) is 5.91 Å². The van der Waals surface area contributed by atoms with Gasteiger partial charge in [-0.15, -0.1) is 5.10 Å². The maximum absolute atomic E-state index is 14.2. The SMILES string of the molecule is Cc1ccc(C(=O)NC2(c3ccc(Br)cc3)CC(F)C2)c(-n2cc(CN3[C@H](C)CN(C(=O)OC(C)(C)C)C[C@@H]3C)nn2)c1. The van der Waals surface area contributed by atoms with Crippen LogP contribution in [0.1, 0.15) is 74.6 Å². The van der Waals surface area contributed by atoms with E-state index in [9.17, 15) is 14.0 Å². The Morgan fingerprint density at radius 2 is 1.74 bits per heavy atom. The van der Waals surface area contributed by atoms with Crippen molar-refractivity contribution in [1.29, 1.82) is 0 Å². The lowest BCUT2D eigenvalue weighted by molar-refractivity contribution is -0.00997. The first kappa shape index (κ1) is 31.1. The number of nitrogens with zero attached hydrogens (tertiary/aromatic N) is 5. The molecular weight excluding hydrogens is 615 g/mol. The van der Waals surface area contributed by atoms with Gasteiger partial charge in [0.05, 0.1) is 28.7 Å². The van der Waals surface area contributed by atoms with Gasteiger partial charge in [-0.2, -0.15) is 0 Å². The van der Waals surface area contributed by atoms with Crippen molar-refractivity contribution in [3.05, 3.63) is 75.5 Å². The molecule has 1 aromatic heterocycles. The number of nitrogens with one attached hydrogen (secondary N) is 1. The van der Waals surface area contributed by atoms with Gasteiger partial charge in [-0.05, 0) is 76.9 Å². The minimum atomic E-state index is -0.963. The zero-order valence-corrected chi connectivity index (χ0v) is 27.2. The van der Waals surface area contributed by atoms with Crippen LogP contribution in [-0.4, -0.2) is 73.7 Å². The summed E-state index contributed by atoms with van der Waals surface area (Å²) in [7, 11) is 0. The second kappa shape index (κ2) is 12.0. The number of aromatic nitrogens is 3. The summed E-state index contributed by atoms with van der Waals surface area (Å²) >= 11 is 3.45. The number of piperazine rings is 1. The average Bonchev–Trinajstić information content (AvgIpc) is 3.37. The second-order valence-electron chi connectivity index (χ2n) is 13.0. The van der Waals surface area contributed by atoms with Crippen LogP contribution >= 0.6 is 15.9 Å². The van der Waals surface area contributed by atoms with Gasteiger partial charge in [0, 0.05) is 49.0 Å². The molecule has 2 aliphatic rings. The van der Waals surface area contributed by atoms with E-state index in [1.165, 1.54) is 0 Å². The molecular formula is C32H40BrFN6O3. The average molecular weight is 656 g/mol. The monoisotopic (exact) mass is 654 g/mol. The van der Waals surface area contributed by atoms with Gasteiger partial charge in [0.1, 0.15) is 11.8 Å². The topological polar surface area (TPSA) is 92.6 Å². The Balaban J connectivity index is 1.32. The lowest BCUT2D eigenvalue weighted by Gasteiger charge is -2.45. The third kappa shape index (κ3) is 6.93. The third-order valence-corrected chi connectivity index (χ3v) is 8.70. The van der Waals surface area contributed by atoms with Crippen molar-refractivity contribution >= 4 is 27.9 Å². The molecule has 3 aromatic rings. The van der Waals surface area contributed by atoms with E-state index in [4.69, 9.17) is 4.74 Å². The Morgan fingerprint density at radius 3 is 2.35 bits per heavy atom. The first-order chi connectivity index (χ1) is 20.2. The molecule has 1 saturated carbocycles. The molecule has 1 saturated heterocycles. The molecule has 1 N–H and O–H groups in total. The molecule has 2 amide bonds. The fourth-order valence-corrected chi connectivity index (χ4v) is 6.27. The molecule has 11 heteroatoms. The first-order valence-electron chi connectivity index (χ1n) is 14.7. The first-order valence-corrected chi connectivity index (χ1v) is 15.5. The maximum atomic E-state index is 14.2. The highest BCUT2D eigenvalue weighted by Crippen LogP contribution is 2.44. The lowest BCUT2D eigenvalue weighted by Crippen LogP contribution is -2.58. The minimum absolute atomic E-state index is 0.0818. The van der Waals surface area contributed by atoms with Gasteiger partial charge in [-0.3, -0.25) is 9.69 Å². The second-order valence-corrected chi connectivity index (χ2v) is 13.9. The standard InChI is InChI=1S/C32H40BrFN6O3/c1-20-7-12-27(29(41)35-32(14-25(34)15-32)23-8-10-24(33)11-9-23)28(13-20)40-19-26(36-37-40)18-39-21(2)16-38(17-22(39)3)30(42)43-31(4,5)6/h7-13,19,21-22,25H,14-18H2,1-6H3,(H,35,41)/t21-,22+,25?,32?. The lowest BCUT2D eigenvalue weighted by atomic mass is 9.70. The van der Waals surface area contributed by atoms with E-state index in [0.717, 1.165) is 21.3 Å². The quantitative estimate of drug-likeness (QED) is 0.355. The fourth-order valence-electron chi connectivity index (χ4n) is 6.00. The maximum Gasteiger partial charge on any atom is 0.410 e. The highest BCUT2D eigenvalue weighted by atomic mass is 79.9. The van der Waals surface area contributed by atoms with Crippen molar-refractivity contribution in [3.63, 3.8) is 0 Å². The molecule has 0 bridgehead atoms. The van der Waals surface area contributed by atoms with Crippen LogP contribution in [0.3, 0.4) is 0 Å². The summed E-state index contributed by atoms with van der Waals surface area (Å²) < 4.78 is 22.3. The van der Waals surface area contributed by atoms with Crippen LogP contribution in [0.15, 0.2) is 53.1 Å². The summed E-state index contributed by atoms with van der Waals surface area (Å²) in [5.41, 5.74) is 2.34. The number of rotatable bonds is 6. The molecule has 0 radical (unpaired) electrons. The van der Waals surface area contributed by atoms with Crippen LogP contribution in [0, 0.1) is 6.92 Å². The number of hydrogen-bond acceptors (Lipinski definition) is 6. The van der Waals surface area contributed by atoms with Crippen LogP contribution in [0.5, 0.6) is 0 Å². The van der Waals surface area contributed by atoms with Crippen molar-refractivity contribution in [1.82, 2.24) is 30.1 Å². The molecule has 1 aliphatic heterocycles. The Bertz CT molecular complexity index is 1470.